The summed E-state index contributed by atoms with van der Waals surface area (Å²) in [5.74, 6) is -0.307. The fraction of sp³-hybridized carbons (Fsp3) is 0.917. The van der Waals surface area contributed by atoms with Crippen LogP contribution in [0.15, 0.2) is 12.2 Å². The number of hydrogen-bond acceptors (Lipinski definition) is 7. The molecule has 8 heteroatoms. The highest BCUT2D eigenvalue weighted by atomic mass is 16.6. The van der Waals surface area contributed by atoms with E-state index in [1.807, 2.05) is 13.8 Å². The van der Waals surface area contributed by atoms with Crippen molar-refractivity contribution in [3.8, 4) is 0 Å². The number of rotatable bonds is 36. The van der Waals surface area contributed by atoms with Crippen molar-refractivity contribution < 1.29 is 24.2 Å². The van der Waals surface area contributed by atoms with Crippen LogP contribution in [-0.2, 0) is 19.1 Å². The van der Waals surface area contributed by atoms with E-state index in [1.165, 1.54) is 122 Å². The maximum atomic E-state index is 13.3. The van der Waals surface area contributed by atoms with Crippen molar-refractivity contribution in [2.45, 2.75) is 237 Å². The fourth-order valence-corrected chi connectivity index (χ4v) is 8.51. The molecule has 1 unspecified atom stereocenters. The van der Waals surface area contributed by atoms with E-state index in [-0.39, 0.29) is 18.5 Å². The standard InChI is InChI=1S/C48H91N3O5/c1-6-8-10-12-14-16-18-20-21-22-23-25-27-29-31-34-44(52)49-43(42-55-45(53)35-33-37-51-40-38-50(5)39-41-51)46-48(54,47(3,4)56-46)36-32-30-28-26-24-19-17-15-13-11-9-7-2/h20-21,43,46,54H,6-19,22-42H2,1-5H3,(H,49,52)/b21-20-/t43-,46-,48?/m0/s1. The normalized spacial score (nSPS) is 20.6. The molecule has 56 heavy (non-hydrogen) atoms. The third kappa shape index (κ3) is 22.0. The van der Waals surface area contributed by atoms with Crippen molar-refractivity contribution in [2.24, 2.45) is 0 Å². The van der Waals surface area contributed by atoms with Gasteiger partial charge in [-0.25, -0.2) is 0 Å². The first kappa shape index (κ1) is 50.7. The summed E-state index contributed by atoms with van der Waals surface area (Å²) >= 11 is 0. The molecule has 2 rings (SSSR count). The molecule has 3 atom stereocenters. The molecule has 0 aromatic heterocycles. The first-order valence-corrected chi connectivity index (χ1v) is 24.0. The second-order valence-electron chi connectivity index (χ2n) is 18.1. The van der Waals surface area contributed by atoms with E-state index < -0.39 is 23.3 Å². The number of aliphatic hydroxyl groups is 1. The van der Waals surface area contributed by atoms with Crippen molar-refractivity contribution in [2.75, 3.05) is 46.4 Å². The lowest BCUT2D eigenvalue weighted by atomic mass is 9.69. The highest BCUT2D eigenvalue weighted by Crippen LogP contribution is 2.47. The summed E-state index contributed by atoms with van der Waals surface area (Å²) in [6.45, 7) is 13.5. The number of ether oxygens (including phenoxy) is 2. The lowest BCUT2D eigenvalue weighted by molar-refractivity contribution is -0.348. The van der Waals surface area contributed by atoms with Gasteiger partial charge in [-0.15, -0.1) is 0 Å². The number of carbonyl (C=O) groups excluding carboxylic acids is 2. The summed E-state index contributed by atoms with van der Waals surface area (Å²) in [7, 11) is 2.15. The van der Waals surface area contributed by atoms with Crippen LogP contribution in [0.2, 0.25) is 0 Å². The van der Waals surface area contributed by atoms with Crippen LogP contribution in [-0.4, -0.2) is 96.5 Å². The molecule has 0 saturated carbocycles. The predicted octanol–water partition coefficient (Wildman–Crippen LogP) is 11.1. The average molecular weight is 790 g/mol. The van der Waals surface area contributed by atoms with E-state index in [1.54, 1.807) is 0 Å². The van der Waals surface area contributed by atoms with Crippen LogP contribution in [0.1, 0.15) is 214 Å². The smallest absolute Gasteiger partial charge is 0.305 e. The number of likely N-dealkylation sites (N-methyl/N-ethyl adjacent to an activating group) is 1. The van der Waals surface area contributed by atoms with Crippen molar-refractivity contribution in [3.05, 3.63) is 12.2 Å². The zero-order valence-electron chi connectivity index (χ0n) is 37.5. The topological polar surface area (TPSA) is 91.3 Å². The van der Waals surface area contributed by atoms with E-state index in [4.69, 9.17) is 9.47 Å². The van der Waals surface area contributed by atoms with Crippen LogP contribution in [0.3, 0.4) is 0 Å². The minimum atomic E-state index is -1.10. The van der Waals surface area contributed by atoms with Crippen LogP contribution in [0.4, 0.5) is 0 Å². The number of unbranched alkanes of at least 4 members (excludes halogenated alkanes) is 22. The Morgan fingerprint density at radius 2 is 1.18 bits per heavy atom. The molecule has 2 N–H and O–H groups in total. The van der Waals surface area contributed by atoms with Gasteiger partial charge in [0.05, 0.1) is 11.6 Å². The van der Waals surface area contributed by atoms with Crippen LogP contribution >= 0.6 is 0 Å². The van der Waals surface area contributed by atoms with Crippen LogP contribution in [0.25, 0.3) is 0 Å². The number of allylic oxidation sites excluding steroid dienone is 2. The number of nitrogens with zero attached hydrogens (tertiary/aromatic N) is 2. The number of esters is 1. The molecule has 2 fully saturated rings. The second kappa shape index (κ2) is 31.4. The zero-order valence-corrected chi connectivity index (χ0v) is 37.5. The van der Waals surface area contributed by atoms with E-state index in [9.17, 15) is 14.7 Å². The maximum absolute atomic E-state index is 13.3. The first-order chi connectivity index (χ1) is 27.1. The minimum absolute atomic E-state index is 0.0208. The Bertz CT molecular complexity index is 1010. The van der Waals surface area contributed by atoms with Gasteiger partial charge in [0.25, 0.3) is 0 Å². The Morgan fingerprint density at radius 1 is 0.696 bits per heavy atom. The molecule has 2 aliphatic rings. The van der Waals surface area contributed by atoms with Crippen molar-refractivity contribution in [1.82, 2.24) is 15.1 Å². The maximum Gasteiger partial charge on any atom is 0.305 e. The van der Waals surface area contributed by atoms with Crippen LogP contribution in [0.5, 0.6) is 0 Å². The summed E-state index contributed by atoms with van der Waals surface area (Å²) in [5, 5.41) is 15.2. The molecule has 0 bridgehead atoms. The molecule has 0 spiro atoms. The van der Waals surface area contributed by atoms with Gasteiger partial charge < -0.3 is 29.7 Å². The summed E-state index contributed by atoms with van der Waals surface area (Å²) < 4.78 is 12.1. The highest BCUT2D eigenvalue weighted by Gasteiger charge is 2.63. The Balaban J connectivity index is 1.77. The molecular weight excluding hydrogens is 699 g/mol. The van der Waals surface area contributed by atoms with Crippen LogP contribution < -0.4 is 5.32 Å². The van der Waals surface area contributed by atoms with Crippen molar-refractivity contribution in [1.29, 1.82) is 0 Å². The molecule has 0 radical (unpaired) electrons. The third-order valence-corrected chi connectivity index (χ3v) is 12.6. The Kier molecular flexibility index (Phi) is 28.4. The number of carbonyl (C=O) groups is 2. The zero-order chi connectivity index (χ0) is 40.7. The van der Waals surface area contributed by atoms with E-state index in [0.717, 1.165) is 77.7 Å². The van der Waals surface area contributed by atoms with Gasteiger partial charge in [0.15, 0.2) is 0 Å². The molecule has 2 aliphatic heterocycles. The van der Waals surface area contributed by atoms with Gasteiger partial charge >= 0.3 is 5.97 Å². The van der Waals surface area contributed by atoms with Gasteiger partial charge in [-0.3, -0.25) is 9.59 Å². The van der Waals surface area contributed by atoms with Crippen molar-refractivity contribution >= 4 is 11.9 Å². The monoisotopic (exact) mass is 790 g/mol. The molecule has 1 amide bonds. The van der Waals surface area contributed by atoms with E-state index in [2.05, 4.69) is 48.2 Å². The lowest BCUT2D eigenvalue weighted by Gasteiger charge is -2.60. The minimum Gasteiger partial charge on any atom is -0.463 e. The Hall–Kier alpha value is -1.48. The quantitative estimate of drug-likeness (QED) is 0.0371. The molecule has 328 valence electrons. The third-order valence-electron chi connectivity index (χ3n) is 12.6. The molecule has 0 aliphatic carbocycles. The predicted molar refractivity (Wildman–Crippen MR) is 235 cm³/mol. The molecule has 2 saturated heterocycles. The Morgan fingerprint density at radius 3 is 1.70 bits per heavy atom. The van der Waals surface area contributed by atoms with E-state index >= 15 is 0 Å². The summed E-state index contributed by atoms with van der Waals surface area (Å²) in [6, 6.07) is -0.581. The Labute approximate surface area is 346 Å². The lowest BCUT2D eigenvalue weighted by Crippen LogP contribution is -2.77. The fourth-order valence-electron chi connectivity index (χ4n) is 8.51. The number of piperazine rings is 1. The molecular formula is C48H91N3O5. The second-order valence-corrected chi connectivity index (χ2v) is 18.1. The van der Waals surface area contributed by atoms with Gasteiger partial charge in [0, 0.05) is 39.0 Å². The number of hydrogen-bond donors (Lipinski definition) is 2. The van der Waals surface area contributed by atoms with Gasteiger partial charge in [0.1, 0.15) is 18.3 Å². The highest BCUT2D eigenvalue weighted by molar-refractivity contribution is 5.76. The summed E-state index contributed by atoms with van der Waals surface area (Å²) in [4.78, 5) is 30.9. The van der Waals surface area contributed by atoms with E-state index in [0.29, 0.717) is 19.3 Å². The number of amides is 1. The molecule has 8 nitrogen and oxygen atoms in total. The van der Waals surface area contributed by atoms with Crippen molar-refractivity contribution in [3.63, 3.8) is 0 Å². The molecule has 0 aromatic rings. The molecule has 0 aromatic carbocycles. The van der Waals surface area contributed by atoms with Gasteiger partial charge in [-0.1, -0.05) is 154 Å². The van der Waals surface area contributed by atoms with Gasteiger partial charge in [0.2, 0.25) is 5.91 Å². The molecule has 2 heterocycles. The largest absolute Gasteiger partial charge is 0.463 e. The summed E-state index contributed by atoms with van der Waals surface area (Å²) in [5.41, 5.74) is -1.82. The number of nitrogens with one attached hydrogen (secondary N) is 1. The average Bonchev–Trinajstić information content (AvgIpc) is 3.18. The van der Waals surface area contributed by atoms with Gasteiger partial charge in [-0.05, 0) is 72.4 Å². The SMILES string of the molecule is CCCCCCCC/C=C\CCCCCCCC(=O)N[C@@H](COC(=O)CCCN1CCN(C)CC1)[C@@H]1OC(C)(C)C1(O)CCCCCCCCCCCCCC. The van der Waals surface area contributed by atoms with Gasteiger partial charge in [-0.2, -0.15) is 0 Å². The summed E-state index contributed by atoms with van der Waals surface area (Å²) in [6.07, 6.45) is 37.3. The first-order valence-electron chi connectivity index (χ1n) is 24.0. The van der Waals surface area contributed by atoms with Crippen LogP contribution in [0, 0.1) is 0 Å².